The lowest BCUT2D eigenvalue weighted by Gasteiger charge is -2.43. The minimum Gasteiger partial charge on any atom is -0.469 e. The van der Waals surface area contributed by atoms with Gasteiger partial charge in [0.25, 0.3) is 0 Å². The number of aliphatic hydroxyl groups is 1. The molecule has 8 heteroatoms. The standard InChI is InChI=1S/C16H24O8/c1-5-6-20-11-9(8-17)21-16(7-10(18)19-4)14-13(12(11)23-16)22-15(2,3)24-14/h5,9,11-14,17H,1,6-8H2,2-4H3/t9-,11-,12+,13-,14-,16+/m1/s1. The van der Waals surface area contributed by atoms with Gasteiger partial charge >= 0.3 is 5.97 Å². The molecule has 3 aliphatic heterocycles. The van der Waals surface area contributed by atoms with Gasteiger partial charge in [0.2, 0.25) is 5.79 Å². The number of aliphatic hydroxyl groups excluding tert-OH is 1. The van der Waals surface area contributed by atoms with Crippen molar-refractivity contribution in [2.24, 2.45) is 0 Å². The molecule has 3 aliphatic rings. The average molecular weight is 344 g/mol. The zero-order chi connectivity index (χ0) is 17.5. The van der Waals surface area contributed by atoms with Crippen molar-refractivity contribution in [2.75, 3.05) is 20.3 Å². The van der Waals surface area contributed by atoms with Crippen molar-refractivity contribution in [3.63, 3.8) is 0 Å². The van der Waals surface area contributed by atoms with E-state index in [1.807, 2.05) is 0 Å². The van der Waals surface area contributed by atoms with Gasteiger partial charge in [-0.25, -0.2) is 0 Å². The van der Waals surface area contributed by atoms with Gasteiger partial charge in [0.05, 0.1) is 20.3 Å². The van der Waals surface area contributed by atoms with Crippen LogP contribution in [0.25, 0.3) is 0 Å². The van der Waals surface area contributed by atoms with Crippen LogP contribution < -0.4 is 0 Å². The zero-order valence-corrected chi connectivity index (χ0v) is 14.1. The number of hydrogen-bond acceptors (Lipinski definition) is 8. The quantitative estimate of drug-likeness (QED) is 0.537. The van der Waals surface area contributed by atoms with Gasteiger partial charge in [-0.1, -0.05) is 6.08 Å². The summed E-state index contributed by atoms with van der Waals surface area (Å²) >= 11 is 0. The van der Waals surface area contributed by atoms with Crippen molar-refractivity contribution in [1.82, 2.24) is 0 Å². The highest BCUT2D eigenvalue weighted by molar-refractivity contribution is 5.70. The van der Waals surface area contributed by atoms with Gasteiger partial charge in [0.15, 0.2) is 5.79 Å². The fourth-order valence-electron chi connectivity index (χ4n) is 3.60. The Hall–Kier alpha value is -1.03. The molecule has 1 N–H and O–H groups in total. The zero-order valence-electron chi connectivity index (χ0n) is 14.1. The van der Waals surface area contributed by atoms with Gasteiger partial charge in [0.1, 0.15) is 36.9 Å². The van der Waals surface area contributed by atoms with Crippen molar-refractivity contribution >= 4 is 5.97 Å². The molecule has 0 spiro atoms. The number of ether oxygens (including phenoxy) is 6. The van der Waals surface area contributed by atoms with E-state index in [0.29, 0.717) is 0 Å². The van der Waals surface area contributed by atoms with E-state index in [4.69, 9.17) is 28.4 Å². The molecule has 0 aromatic rings. The fourth-order valence-corrected chi connectivity index (χ4v) is 3.60. The Kier molecular flexibility index (Phi) is 4.71. The Morgan fingerprint density at radius 1 is 1.25 bits per heavy atom. The molecule has 0 radical (unpaired) electrons. The predicted octanol–water partition coefficient (Wildman–Crippen LogP) is 0.127. The van der Waals surface area contributed by atoms with E-state index in [1.165, 1.54) is 7.11 Å². The van der Waals surface area contributed by atoms with Crippen molar-refractivity contribution in [1.29, 1.82) is 0 Å². The summed E-state index contributed by atoms with van der Waals surface area (Å²) < 4.78 is 34.4. The molecule has 3 saturated heterocycles. The molecule has 2 bridgehead atoms. The molecule has 0 aromatic heterocycles. The molecule has 0 amide bonds. The van der Waals surface area contributed by atoms with Crippen LogP contribution in [0.2, 0.25) is 0 Å². The van der Waals surface area contributed by atoms with E-state index < -0.39 is 48.1 Å². The van der Waals surface area contributed by atoms with Crippen LogP contribution in [0.3, 0.4) is 0 Å². The molecule has 0 aliphatic carbocycles. The number of esters is 1. The SMILES string of the molecule is C=CCO[C@H]1[C@@H]2O[C@](CC(=O)OC)(O[C@@H]1CO)[C@@H]1OC(C)(C)O[C@H]21. The summed E-state index contributed by atoms with van der Waals surface area (Å²) in [4.78, 5) is 11.9. The maximum absolute atomic E-state index is 11.9. The first-order valence-electron chi connectivity index (χ1n) is 7.97. The van der Waals surface area contributed by atoms with Gasteiger partial charge < -0.3 is 33.5 Å². The maximum Gasteiger partial charge on any atom is 0.311 e. The first kappa shape index (κ1) is 17.8. The van der Waals surface area contributed by atoms with Crippen molar-refractivity contribution in [2.45, 2.75) is 62.4 Å². The number of methoxy groups -OCH3 is 1. The van der Waals surface area contributed by atoms with Gasteiger partial charge in [-0.3, -0.25) is 4.79 Å². The highest BCUT2D eigenvalue weighted by Crippen LogP contribution is 2.51. The number of hydrogen-bond donors (Lipinski definition) is 1. The molecule has 3 fully saturated rings. The monoisotopic (exact) mass is 344 g/mol. The second kappa shape index (κ2) is 6.36. The molecule has 0 saturated carbocycles. The highest BCUT2D eigenvalue weighted by Gasteiger charge is 2.70. The summed E-state index contributed by atoms with van der Waals surface area (Å²) in [7, 11) is 1.29. The van der Waals surface area contributed by atoms with Crippen LogP contribution in [0.1, 0.15) is 20.3 Å². The fraction of sp³-hybridized carbons (Fsp3) is 0.812. The third-order valence-corrected chi connectivity index (χ3v) is 4.47. The van der Waals surface area contributed by atoms with Crippen LogP contribution >= 0.6 is 0 Å². The third-order valence-electron chi connectivity index (χ3n) is 4.47. The molecule has 0 aromatic carbocycles. The van der Waals surface area contributed by atoms with E-state index in [1.54, 1.807) is 19.9 Å². The number of rotatable bonds is 6. The Morgan fingerprint density at radius 3 is 2.62 bits per heavy atom. The van der Waals surface area contributed by atoms with Gasteiger partial charge in [-0.2, -0.15) is 0 Å². The van der Waals surface area contributed by atoms with Crippen LogP contribution in [-0.2, 0) is 33.2 Å². The van der Waals surface area contributed by atoms with Crippen molar-refractivity contribution in [3.8, 4) is 0 Å². The minimum atomic E-state index is -1.36. The predicted molar refractivity (Wildman–Crippen MR) is 80.0 cm³/mol. The van der Waals surface area contributed by atoms with Gasteiger partial charge in [-0.05, 0) is 13.8 Å². The Balaban J connectivity index is 1.92. The summed E-state index contributed by atoms with van der Waals surface area (Å²) in [5.41, 5.74) is 0. The topological polar surface area (TPSA) is 92.7 Å². The van der Waals surface area contributed by atoms with E-state index in [9.17, 15) is 9.90 Å². The average Bonchev–Trinajstić information content (AvgIpc) is 2.98. The van der Waals surface area contributed by atoms with Crippen molar-refractivity contribution in [3.05, 3.63) is 12.7 Å². The van der Waals surface area contributed by atoms with Crippen LogP contribution in [0.5, 0.6) is 0 Å². The Bertz CT molecular complexity index is 506. The molecular formula is C16H24O8. The maximum atomic E-state index is 11.9. The summed E-state index contributed by atoms with van der Waals surface area (Å²) in [5, 5.41) is 9.71. The van der Waals surface area contributed by atoms with Crippen molar-refractivity contribution < 1.29 is 38.3 Å². The molecular weight excluding hydrogens is 320 g/mol. The molecule has 0 unspecified atom stereocenters. The largest absolute Gasteiger partial charge is 0.469 e. The second-order valence-electron chi connectivity index (χ2n) is 6.59. The second-order valence-corrected chi connectivity index (χ2v) is 6.59. The summed E-state index contributed by atoms with van der Waals surface area (Å²) in [6.07, 6.45) is -1.43. The smallest absolute Gasteiger partial charge is 0.311 e. The molecule has 8 nitrogen and oxygen atoms in total. The van der Waals surface area contributed by atoms with Crippen LogP contribution in [0.15, 0.2) is 12.7 Å². The third kappa shape index (κ3) is 2.87. The summed E-state index contributed by atoms with van der Waals surface area (Å²) in [6, 6.07) is 0. The molecule has 3 rings (SSSR count). The number of carbonyl (C=O) groups excluding carboxylic acids is 1. The van der Waals surface area contributed by atoms with Gasteiger partial charge in [-0.15, -0.1) is 6.58 Å². The van der Waals surface area contributed by atoms with Crippen LogP contribution in [0, 0.1) is 0 Å². The molecule has 136 valence electrons. The highest BCUT2D eigenvalue weighted by atomic mass is 16.8. The first-order valence-corrected chi connectivity index (χ1v) is 7.97. The minimum absolute atomic E-state index is 0.161. The molecule has 6 atom stereocenters. The van der Waals surface area contributed by atoms with Gasteiger partial charge in [0, 0.05) is 0 Å². The number of fused-ring (bicyclic) bond motifs is 5. The van der Waals surface area contributed by atoms with Crippen LogP contribution in [0.4, 0.5) is 0 Å². The summed E-state index contributed by atoms with van der Waals surface area (Å²) in [5.74, 6) is -2.70. The summed E-state index contributed by atoms with van der Waals surface area (Å²) in [6.45, 7) is 7.19. The normalized spacial score (nSPS) is 42.6. The first-order chi connectivity index (χ1) is 11.4. The molecule has 24 heavy (non-hydrogen) atoms. The lowest BCUT2D eigenvalue weighted by atomic mass is 10.0. The van der Waals surface area contributed by atoms with Crippen LogP contribution in [-0.4, -0.2) is 73.5 Å². The lowest BCUT2D eigenvalue weighted by Crippen LogP contribution is -2.58. The molecule has 3 heterocycles. The van der Waals surface area contributed by atoms with E-state index in [-0.39, 0.29) is 19.6 Å². The number of carbonyl (C=O) groups is 1. The Morgan fingerprint density at radius 2 is 2.00 bits per heavy atom. The lowest BCUT2D eigenvalue weighted by molar-refractivity contribution is -0.363. The van der Waals surface area contributed by atoms with E-state index in [2.05, 4.69) is 6.58 Å². The van der Waals surface area contributed by atoms with E-state index in [0.717, 1.165) is 0 Å². The Labute approximate surface area is 140 Å². The van der Waals surface area contributed by atoms with E-state index >= 15 is 0 Å².